The van der Waals surface area contributed by atoms with Crippen LogP contribution in [-0.4, -0.2) is 31.1 Å². The van der Waals surface area contributed by atoms with Crippen molar-refractivity contribution in [3.8, 4) is 0 Å². The van der Waals surface area contributed by atoms with E-state index in [1.54, 1.807) is 0 Å². The maximum absolute atomic E-state index is 5.64. The highest BCUT2D eigenvalue weighted by molar-refractivity contribution is 4.70. The lowest BCUT2D eigenvalue weighted by molar-refractivity contribution is 0.199. The summed E-state index contributed by atoms with van der Waals surface area (Å²) < 4.78 is 0. The molecule has 13 heavy (non-hydrogen) atoms. The Morgan fingerprint density at radius 1 is 1.23 bits per heavy atom. The summed E-state index contributed by atoms with van der Waals surface area (Å²) in [5.41, 5.74) is 5.64. The quantitative estimate of drug-likeness (QED) is 0.617. The number of rotatable bonds is 7. The van der Waals surface area contributed by atoms with Gasteiger partial charge in [0.05, 0.1) is 0 Å². The average molecular weight is 186 g/mol. The second-order valence-electron chi connectivity index (χ2n) is 4.14. The Bertz CT molecular complexity index is 115. The number of unbranched alkanes of at least 4 members (excludes halogenated alkanes) is 2. The van der Waals surface area contributed by atoms with E-state index in [9.17, 15) is 0 Å². The molecular formula is C11H26N2. The molecule has 0 aromatic heterocycles. The van der Waals surface area contributed by atoms with Gasteiger partial charge in [-0.15, -0.1) is 0 Å². The lowest BCUT2D eigenvalue weighted by atomic mass is 10.0. The molecule has 2 atom stereocenters. The number of hydrogen-bond acceptors (Lipinski definition) is 2. The summed E-state index contributed by atoms with van der Waals surface area (Å²) in [6, 6.07) is 0.613. The minimum absolute atomic E-state index is 0.603. The predicted molar refractivity (Wildman–Crippen MR) is 59.8 cm³/mol. The number of hydrogen-bond donors (Lipinski definition) is 1. The van der Waals surface area contributed by atoms with Crippen molar-refractivity contribution in [2.45, 2.75) is 46.1 Å². The van der Waals surface area contributed by atoms with Crippen LogP contribution in [0, 0.1) is 5.92 Å². The van der Waals surface area contributed by atoms with E-state index in [-0.39, 0.29) is 0 Å². The average Bonchev–Trinajstić information content (AvgIpc) is 2.15. The van der Waals surface area contributed by atoms with E-state index >= 15 is 0 Å². The summed E-state index contributed by atoms with van der Waals surface area (Å²) in [5, 5.41) is 0. The molecule has 0 saturated carbocycles. The van der Waals surface area contributed by atoms with Crippen LogP contribution in [0.15, 0.2) is 0 Å². The monoisotopic (exact) mass is 186 g/mol. The SMILES string of the molecule is CCCCCN(C)C(C)C(C)CN. The second-order valence-corrected chi connectivity index (χ2v) is 4.14. The molecule has 0 spiro atoms. The van der Waals surface area contributed by atoms with Gasteiger partial charge in [0, 0.05) is 6.04 Å². The molecule has 0 bridgehead atoms. The van der Waals surface area contributed by atoms with Crippen LogP contribution in [0.25, 0.3) is 0 Å². The third-order valence-electron chi connectivity index (χ3n) is 3.00. The molecule has 0 aromatic rings. The Morgan fingerprint density at radius 2 is 1.85 bits per heavy atom. The lowest BCUT2D eigenvalue weighted by Gasteiger charge is -2.29. The molecule has 0 saturated heterocycles. The summed E-state index contributed by atoms with van der Waals surface area (Å²) in [7, 11) is 2.20. The van der Waals surface area contributed by atoms with Gasteiger partial charge in [0.15, 0.2) is 0 Å². The summed E-state index contributed by atoms with van der Waals surface area (Å²) >= 11 is 0. The van der Waals surface area contributed by atoms with Crippen LogP contribution < -0.4 is 5.73 Å². The highest BCUT2D eigenvalue weighted by Crippen LogP contribution is 2.08. The fraction of sp³-hybridized carbons (Fsp3) is 1.00. The van der Waals surface area contributed by atoms with Gasteiger partial charge in [0.1, 0.15) is 0 Å². The summed E-state index contributed by atoms with van der Waals surface area (Å²) in [5.74, 6) is 0.603. The largest absolute Gasteiger partial charge is 0.330 e. The zero-order valence-electron chi connectivity index (χ0n) is 9.71. The van der Waals surface area contributed by atoms with Gasteiger partial charge in [-0.2, -0.15) is 0 Å². The van der Waals surface area contributed by atoms with E-state index in [4.69, 9.17) is 5.73 Å². The molecule has 0 radical (unpaired) electrons. The van der Waals surface area contributed by atoms with E-state index in [1.807, 2.05) is 0 Å². The topological polar surface area (TPSA) is 29.3 Å². The molecule has 2 heteroatoms. The van der Waals surface area contributed by atoms with Crippen LogP contribution in [0.1, 0.15) is 40.0 Å². The molecule has 0 amide bonds. The first-order valence-electron chi connectivity index (χ1n) is 5.53. The molecule has 2 unspecified atom stereocenters. The number of nitrogens with two attached hydrogens (primary N) is 1. The smallest absolute Gasteiger partial charge is 0.0101 e. The Hall–Kier alpha value is -0.0800. The van der Waals surface area contributed by atoms with Gasteiger partial charge in [-0.1, -0.05) is 26.7 Å². The molecule has 2 N–H and O–H groups in total. The van der Waals surface area contributed by atoms with Gasteiger partial charge in [0.2, 0.25) is 0 Å². The summed E-state index contributed by atoms with van der Waals surface area (Å²) in [6.45, 7) is 8.73. The molecular weight excluding hydrogens is 160 g/mol. The van der Waals surface area contributed by atoms with Crippen molar-refractivity contribution >= 4 is 0 Å². The van der Waals surface area contributed by atoms with Crippen LogP contribution in [0.3, 0.4) is 0 Å². The molecule has 0 fully saturated rings. The molecule has 2 nitrogen and oxygen atoms in total. The first-order valence-corrected chi connectivity index (χ1v) is 5.53. The minimum atomic E-state index is 0.603. The van der Waals surface area contributed by atoms with E-state index in [2.05, 4.69) is 32.7 Å². The molecule has 0 aliphatic heterocycles. The Labute approximate surface area is 83.5 Å². The van der Waals surface area contributed by atoms with Crippen LogP contribution in [0.5, 0.6) is 0 Å². The van der Waals surface area contributed by atoms with Crippen molar-refractivity contribution in [3.63, 3.8) is 0 Å². The minimum Gasteiger partial charge on any atom is -0.330 e. The standard InChI is InChI=1S/C11H26N2/c1-5-6-7-8-13(4)11(3)10(2)9-12/h10-11H,5-9,12H2,1-4H3. The van der Waals surface area contributed by atoms with E-state index < -0.39 is 0 Å². The van der Waals surface area contributed by atoms with Gasteiger partial charge < -0.3 is 10.6 Å². The molecule has 80 valence electrons. The maximum Gasteiger partial charge on any atom is 0.0101 e. The normalized spacial score (nSPS) is 16.2. The zero-order chi connectivity index (χ0) is 10.3. The Morgan fingerprint density at radius 3 is 2.31 bits per heavy atom. The van der Waals surface area contributed by atoms with Crippen LogP contribution in [-0.2, 0) is 0 Å². The zero-order valence-corrected chi connectivity index (χ0v) is 9.71. The molecule has 0 rings (SSSR count). The molecule has 0 heterocycles. The highest BCUT2D eigenvalue weighted by atomic mass is 15.1. The van der Waals surface area contributed by atoms with Gasteiger partial charge in [-0.3, -0.25) is 0 Å². The van der Waals surface area contributed by atoms with Crippen molar-refractivity contribution in [3.05, 3.63) is 0 Å². The predicted octanol–water partition coefficient (Wildman–Crippen LogP) is 2.09. The Balaban J connectivity index is 3.62. The van der Waals surface area contributed by atoms with Gasteiger partial charge in [-0.05, 0) is 39.4 Å². The second kappa shape index (κ2) is 7.34. The van der Waals surface area contributed by atoms with Crippen molar-refractivity contribution in [2.75, 3.05) is 20.1 Å². The van der Waals surface area contributed by atoms with Gasteiger partial charge >= 0.3 is 0 Å². The Kier molecular flexibility index (Phi) is 7.29. The lowest BCUT2D eigenvalue weighted by Crippen LogP contribution is -2.38. The third kappa shape index (κ3) is 5.27. The van der Waals surface area contributed by atoms with Crippen molar-refractivity contribution in [1.29, 1.82) is 0 Å². The summed E-state index contributed by atoms with van der Waals surface area (Å²) in [6.07, 6.45) is 3.96. The maximum atomic E-state index is 5.64. The van der Waals surface area contributed by atoms with Crippen molar-refractivity contribution in [2.24, 2.45) is 11.7 Å². The molecule has 0 aromatic carbocycles. The molecule has 0 aliphatic rings. The fourth-order valence-corrected chi connectivity index (χ4v) is 1.45. The van der Waals surface area contributed by atoms with Gasteiger partial charge in [-0.25, -0.2) is 0 Å². The summed E-state index contributed by atoms with van der Waals surface area (Å²) in [4.78, 5) is 2.42. The van der Waals surface area contributed by atoms with Crippen molar-refractivity contribution in [1.82, 2.24) is 4.90 Å². The fourth-order valence-electron chi connectivity index (χ4n) is 1.45. The first kappa shape index (κ1) is 12.9. The van der Waals surface area contributed by atoms with E-state index in [0.29, 0.717) is 12.0 Å². The number of nitrogens with zero attached hydrogens (tertiary/aromatic N) is 1. The third-order valence-corrected chi connectivity index (χ3v) is 3.00. The van der Waals surface area contributed by atoms with Gasteiger partial charge in [0.25, 0.3) is 0 Å². The van der Waals surface area contributed by atoms with Crippen molar-refractivity contribution < 1.29 is 0 Å². The van der Waals surface area contributed by atoms with E-state index in [0.717, 1.165) is 6.54 Å². The highest BCUT2D eigenvalue weighted by Gasteiger charge is 2.14. The van der Waals surface area contributed by atoms with Crippen LogP contribution in [0.2, 0.25) is 0 Å². The van der Waals surface area contributed by atoms with Crippen LogP contribution >= 0.6 is 0 Å². The molecule has 0 aliphatic carbocycles. The first-order chi connectivity index (χ1) is 6.13. The van der Waals surface area contributed by atoms with Crippen LogP contribution in [0.4, 0.5) is 0 Å². The van der Waals surface area contributed by atoms with E-state index in [1.165, 1.54) is 25.8 Å².